The molecular formula is C11H13N4+. The van der Waals surface area contributed by atoms with E-state index in [9.17, 15) is 0 Å². The number of rotatable bonds is 0. The van der Waals surface area contributed by atoms with Crippen LogP contribution in [0, 0.1) is 6.92 Å². The van der Waals surface area contributed by atoms with E-state index in [2.05, 4.69) is 46.7 Å². The molecular weight excluding hydrogens is 188 g/mol. The highest BCUT2D eigenvalue weighted by Gasteiger charge is 2.18. The van der Waals surface area contributed by atoms with Gasteiger partial charge in [-0.2, -0.15) is 0 Å². The smallest absolute Gasteiger partial charge is 0.270 e. The molecule has 0 spiro atoms. The maximum Gasteiger partial charge on any atom is 0.408 e. The van der Waals surface area contributed by atoms with E-state index in [0.717, 1.165) is 19.0 Å². The van der Waals surface area contributed by atoms with Crippen LogP contribution >= 0.6 is 0 Å². The van der Waals surface area contributed by atoms with Gasteiger partial charge in [0.1, 0.15) is 12.7 Å². The molecule has 0 aliphatic carbocycles. The lowest BCUT2D eigenvalue weighted by Crippen LogP contribution is -2.50. The zero-order chi connectivity index (χ0) is 10.3. The number of nitrogens with one attached hydrogen (secondary N) is 2. The van der Waals surface area contributed by atoms with Gasteiger partial charge in [0.25, 0.3) is 0 Å². The number of aromatic amines is 1. The molecule has 1 aliphatic rings. The molecule has 15 heavy (non-hydrogen) atoms. The summed E-state index contributed by atoms with van der Waals surface area (Å²) in [4.78, 5) is 4.37. The number of hydrogen-bond donors (Lipinski definition) is 2. The zero-order valence-electron chi connectivity index (χ0n) is 8.62. The molecule has 0 amide bonds. The van der Waals surface area contributed by atoms with Crippen molar-refractivity contribution in [3.8, 4) is 0 Å². The summed E-state index contributed by atoms with van der Waals surface area (Å²) in [6, 6.07) is 6.28. The highest BCUT2D eigenvalue weighted by Crippen LogP contribution is 2.13. The Bertz CT molecular complexity index is 539. The molecule has 4 nitrogen and oxygen atoms in total. The third kappa shape index (κ3) is 1.29. The van der Waals surface area contributed by atoms with E-state index in [0.29, 0.717) is 0 Å². The van der Waals surface area contributed by atoms with Gasteiger partial charge in [-0.15, -0.1) is 9.67 Å². The molecule has 2 aromatic rings. The molecule has 0 atom stereocenters. The summed E-state index contributed by atoms with van der Waals surface area (Å²) < 4.78 is 1.95. The first-order valence-corrected chi connectivity index (χ1v) is 5.13. The first-order valence-electron chi connectivity index (χ1n) is 5.13. The molecule has 3 rings (SSSR count). The molecule has 0 saturated heterocycles. The minimum Gasteiger partial charge on any atom is -0.270 e. The summed E-state index contributed by atoms with van der Waals surface area (Å²) in [5.74, 6) is 0.908. The molecule has 0 bridgehead atoms. The van der Waals surface area contributed by atoms with Gasteiger partial charge < -0.3 is 0 Å². The summed E-state index contributed by atoms with van der Waals surface area (Å²) in [7, 11) is 0. The van der Waals surface area contributed by atoms with Crippen molar-refractivity contribution in [2.45, 2.75) is 6.92 Å². The van der Waals surface area contributed by atoms with Crippen LogP contribution in [-0.2, 0) is 0 Å². The van der Waals surface area contributed by atoms with Gasteiger partial charge in [-0.3, -0.25) is 5.32 Å². The van der Waals surface area contributed by atoms with Crippen LogP contribution in [-0.4, -0.2) is 24.1 Å². The first-order chi connectivity index (χ1) is 7.34. The third-order valence-electron chi connectivity index (χ3n) is 2.69. The van der Waals surface area contributed by atoms with Crippen molar-refractivity contribution in [3.05, 3.63) is 30.0 Å². The number of nitrogens with zero attached hydrogens (tertiary/aromatic N) is 2. The monoisotopic (exact) mass is 201 g/mol. The second kappa shape index (κ2) is 3.08. The van der Waals surface area contributed by atoms with Crippen LogP contribution in [0.3, 0.4) is 0 Å². The van der Waals surface area contributed by atoms with Crippen LogP contribution in [0.15, 0.2) is 29.4 Å². The average molecular weight is 201 g/mol. The molecule has 1 aromatic carbocycles. The third-order valence-corrected chi connectivity index (χ3v) is 2.69. The van der Waals surface area contributed by atoms with Gasteiger partial charge >= 0.3 is 5.96 Å². The molecule has 2 heterocycles. The zero-order valence-corrected chi connectivity index (χ0v) is 8.62. The van der Waals surface area contributed by atoms with Crippen molar-refractivity contribution in [2.24, 2.45) is 4.99 Å². The van der Waals surface area contributed by atoms with E-state index >= 15 is 0 Å². The summed E-state index contributed by atoms with van der Waals surface area (Å²) in [6.45, 7) is 3.89. The minimum atomic E-state index is 0.858. The van der Waals surface area contributed by atoms with Gasteiger partial charge in [-0.05, 0) is 18.6 Å². The number of hydrogen-bond acceptors (Lipinski definition) is 2. The fraction of sp³-hybridized carbons (Fsp3) is 0.273. The van der Waals surface area contributed by atoms with E-state index in [1.54, 1.807) is 0 Å². The highest BCUT2D eigenvalue weighted by molar-refractivity contribution is 5.82. The molecule has 1 aliphatic heterocycles. The van der Waals surface area contributed by atoms with Gasteiger partial charge in [0.05, 0.1) is 12.1 Å². The Morgan fingerprint density at radius 2 is 2.33 bits per heavy atom. The molecule has 4 heteroatoms. The lowest BCUT2D eigenvalue weighted by molar-refractivity contribution is -0.618. The standard InChI is InChI=1S/C11H12N4/c1-8-3-2-4-9-7-15(14-10(8)9)11-12-5-6-13-11/h2-4,7H,5-6H2,1H3,(H,12,13)/p+1. The normalized spacial score (nSPS) is 15.4. The van der Waals surface area contributed by atoms with E-state index in [4.69, 9.17) is 0 Å². The van der Waals surface area contributed by atoms with Crippen LogP contribution in [0.5, 0.6) is 0 Å². The SMILES string of the molecule is Cc1cccc2c[n+](C3=NCCN3)[nH]c12. The van der Waals surface area contributed by atoms with Crippen LogP contribution in [0.2, 0.25) is 0 Å². The first kappa shape index (κ1) is 8.47. The number of H-pyrrole nitrogens is 1. The number of benzene rings is 1. The Morgan fingerprint density at radius 1 is 1.40 bits per heavy atom. The van der Waals surface area contributed by atoms with Gasteiger partial charge in [-0.1, -0.05) is 12.1 Å². The van der Waals surface area contributed by atoms with Crippen molar-refractivity contribution < 1.29 is 4.68 Å². The van der Waals surface area contributed by atoms with E-state index in [1.165, 1.54) is 16.5 Å². The molecule has 0 saturated carbocycles. The van der Waals surface area contributed by atoms with Crippen LogP contribution in [0.25, 0.3) is 10.9 Å². The molecule has 1 aromatic heterocycles. The van der Waals surface area contributed by atoms with Crippen molar-refractivity contribution in [2.75, 3.05) is 13.1 Å². The van der Waals surface area contributed by atoms with E-state index < -0.39 is 0 Å². The maximum atomic E-state index is 4.37. The van der Waals surface area contributed by atoms with Gasteiger partial charge in [-0.25, -0.2) is 5.10 Å². The van der Waals surface area contributed by atoms with Crippen LogP contribution in [0.1, 0.15) is 5.56 Å². The second-order valence-corrected chi connectivity index (χ2v) is 3.78. The Balaban J connectivity index is 2.18. The predicted molar refractivity (Wildman–Crippen MR) is 58.9 cm³/mol. The molecule has 0 unspecified atom stereocenters. The number of aliphatic imine (C=N–C) groups is 1. The van der Waals surface area contributed by atoms with Crippen LogP contribution in [0.4, 0.5) is 0 Å². The number of para-hydroxylation sites is 1. The average Bonchev–Trinajstić information content (AvgIpc) is 2.86. The quantitative estimate of drug-likeness (QED) is 0.601. The van der Waals surface area contributed by atoms with E-state index in [-0.39, 0.29) is 0 Å². The minimum absolute atomic E-state index is 0.858. The predicted octanol–water partition coefficient (Wildman–Crippen LogP) is 0.571. The van der Waals surface area contributed by atoms with E-state index in [1.807, 2.05) is 4.68 Å². The Labute approximate surface area is 87.6 Å². The summed E-state index contributed by atoms with van der Waals surface area (Å²) >= 11 is 0. The van der Waals surface area contributed by atoms with Crippen molar-refractivity contribution in [1.29, 1.82) is 0 Å². The van der Waals surface area contributed by atoms with Gasteiger partial charge in [0, 0.05) is 5.39 Å². The number of aryl methyl sites for hydroxylation is 1. The fourth-order valence-electron chi connectivity index (χ4n) is 1.90. The van der Waals surface area contributed by atoms with Crippen molar-refractivity contribution in [3.63, 3.8) is 0 Å². The highest BCUT2D eigenvalue weighted by atomic mass is 15.4. The summed E-state index contributed by atoms with van der Waals surface area (Å²) in [6.07, 6.45) is 2.07. The van der Waals surface area contributed by atoms with Crippen molar-refractivity contribution in [1.82, 2.24) is 10.4 Å². The maximum absolute atomic E-state index is 4.37. The molecule has 2 N–H and O–H groups in total. The molecule has 0 fully saturated rings. The lowest BCUT2D eigenvalue weighted by Gasteiger charge is -1.92. The molecule has 76 valence electrons. The van der Waals surface area contributed by atoms with Crippen molar-refractivity contribution >= 4 is 16.9 Å². The van der Waals surface area contributed by atoms with Gasteiger partial charge in [0.15, 0.2) is 0 Å². The fourth-order valence-corrected chi connectivity index (χ4v) is 1.90. The second-order valence-electron chi connectivity index (χ2n) is 3.78. The topological polar surface area (TPSA) is 44.1 Å². The number of aromatic nitrogens is 2. The Kier molecular flexibility index (Phi) is 1.74. The summed E-state index contributed by atoms with van der Waals surface area (Å²) in [5, 5.41) is 7.78. The van der Waals surface area contributed by atoms with Gasteiger partial charge in [0.2, 0.25) is 0 Å². The number of fused-ring (bicyclic) bond motifs is 1. The van der Waals surface area contributed by atoms with Crippen LogP contribution < -0.4 is 10.00 Å². The largest absolute Gasteiger partial charge is 0.408 e. The lowest BCUT2D eigenvalue weighted by atomic mass is 10.2. The summed E-state index contributed by atoms with van der Waals surface area (Å²) in [5.41, 5.74) is 2.43. The Hall–Kier alpha value is -1.84. The Morgan fingerprint density at radius 3 is 3.07 bits per heavy atom. The molecule has 0 radical (unpaired) electrons.